The SMILES string of the molecule is CCCN1CCN(C(=O)/C=C/c2ccc([N+](=O)[O-])cc2)CC1. The van der Waals surface area contributed by atoms with Gasteiger partial charge in [0, 0.05) is 44.4 Å². The highest BCUT2D eigenvalue weighted by molar-refractivity contribution is 5.91. The highest BCUT2D eigenvalue weighted by Crippen LogP contribution is 2.13. The Balaban J connectivity index is 1.87. The summed E-state index contributed by atoms with van der Waals surface area (Å²) in [6.07, 6.45) is 4.37. The van der Waals surface area contributed by atoms with Gasteiger partial charge in [0.1, 0.15) is 0 Å². The molecule has 6 heteroatoms. The molecule has 0 unspecified atom stereocenters. The number of amides is 1. The number of carbonyl (C=O) groups excluding carboxylic acids is 1. The van der Waals surface area contributed by atoms with E-state index in [1.54, 1.807) is 18.2 Å². The Hall–Kier alpha value is -2.21. The van der Waals surface area contributed by atoms with Gasteiger partial charge in [-0.05, 0) is 36.7 Å². The van der Waals surface area contributed by atoms with Crippen molar-refractivity contribution in [1.29, 1.82) is 0 Å². The van der Waals surface area contributed by atoms with E-state index < -0.39 is 4.92 Å². The zero-order valence-electron chi connectivity index (χ0n) is 12.8. The number of hydrogen-bond donors (Lipinski definition) is 0. The van der Waals surface area contributed by atoms with Crippen LogP contribution in [0, 0.1) is 10.1 Å². The molecular weight excluding hydrogens is 282 g/mol. The standard InChI is InChI=1S/C16H21N3O3/c1-2-9-17-10-12-18(13-11-17)16(20)8-5-14-3-6-15(7-4-14)19(21)22/h3-8H,2,9-13H2,1H3/b8-5+. The number of piperazine rings is 1. The van der Waals surface area contributed by atoms with Crippen LogP contribution in [0.5, 0.6) is 0 Å². The summed E-state index contributed by atoms with van der Waals surface area (Å²) < 4.78 is 0. The summed E-state index contributed by atoms with van der Waals surface area (Å²) in [5, 5.41) is 10.6. The summed E-state index contributed by atoms with van der Waals surface area (Å²) in [5.41, 5.74) is 0.832. The minimum absolute atomic E-state index is 0.00509. The van der Waals surface area contributed by atoms with Crippen molar-refractivity contribution in [2.24, 2.45) is 0 Å². The molecule has 6 nitrogen and oxygen atoms in total. The monoisotopic (exact) mass is 303 g/mol. The van der Waals surface area contributed by atoms with Crippen LogP contribution in [0.4, 0.5) is 5.69 Å². The molecule has 0 bridgehead atoms. The molecule has 1 amide bonds. The van der Waals surface area contributed by atoms with Crippen molar-refractivity contribution >= 4 is 17.7 Å². The summed E-state index contributed by atoms with van der Waals surface area (Å²) in [6, 6.07) is 6.16. The molecule has 0 aliphatic carbocycles. The van der Waals surface area contributed by atoms with Crippen LogP contribution in [0.25, 0.3) is 6.08 Å². The highest BCUT2D eigenvalue weighted by atomic mass is 16.6. The van der Waals surface area contributed by atoms with Gasteiger partial charge < -0.3 is 4.90 Å². The Morgan fingerprint density at radius 3 is 2.41 bits per heavy atom. The predicted octanol–water partition coefficient (Wildman–Crippen LogP) is 2.16. The Labute approximate surface area is 130 Å². The molecule has 0 N–H and O–H groups in total. The summed E-state index contributed by atoms with van der Waals surface area (Å²) in [4.78, 5) is 26.5. The fraction of sp³-hybridized carbons (Fsp3) is 0.438. The third-order valence-corrected chi connectivity index (χ3v) is 3.75. The lowest BCUT2D eigenvalue weighted by atomic mass is 10.2. The molecule has 0 aromatic heterocycles. The molecule has 1 aliphatic heterocycles. The molecule has 0 atom stereocenters. The number of rotatable bonds is 5. The van der Waals surface area contributed by atoms with Crippen molar-refractivity contribution in [3.63, 3.8) is 0 Å². The van der Waals surface area contributed by atoms with Crippen molar-refractivity contribution in [3.8, 4) is 0 Å². The number of nitro benzene ring substituents is 1. The maximum atomic E-state index is 12.1. The van der Waals surface area contributed by atoms with Gasteiger partial charge >= 0.3 is 0 Å². The minimum Gasteiger partial charge on any atom is -0.337 e. The molecule has 2 rings (SSSR count). The molecule has 1 aromatic rings. The fourth-order valence-corrected chi connectivity index (χ4v) is 2.49. The topological polar surface area (TPSA) is 66.7 Å². The van der Waals surface area contributed by atoms with Crippen molar-refractivity contribution < 1.29 is 9.72 Å². The summed E-state index contributed by atoms with van der Waals surface area (Å²) in [7, 11) is 0. The molecule has 1 heterocycles. The average molecular weight is 303 g/mol. The van der Waals surface area contributed by atoms with Crippen molar-refractivity contribution in [3.05, 3.63) is 46.0 Å². The van der Waals surface area contributed by atoms with Crippen LogP contribution in [-0.4, -0.2) is 53.4 Å². The Morgan fingerprint density at radius 1 is 1.23 bits per heavy atom. The van der Waals surface area contributed by atoms with Gasteiger partial charge in [-0.2, -0.15) is 0 Å². The predicted molar refractivity (Wildman–Crippen MR) is 85.4 cm³/mol. The number of non-ortho nitro benzene ring substituents is 1. The molecule has 0 spiro atoms. The van der Waals surface area contributed by atoms with Gasteiger partial charge in [-0.15, -0.1) is 0 Å². The molecule has 0 saturated carbocycles. The quantitative estimate of drug-likeness (QED) is 0.475. The van der Waals surface area contributed by atoms with Crippen LogP contribution in [0.2, 0.25) is 0 Å². The van der Waals surface area contributed by atoms with E-state index in [-0.39, 0.29) is 11.6 Å². The Kier molecular flexibility index (Phi) is 5.66. The third kappa shape index (κ3) is 4.39. The van der Waals surface area contributed by atoms with Gasteiger partial charge in [-0.3, -0.25) is 19.8 Å². The van der Waals surface area contributed by atoms with E-state index in [4.69, 9.17) is 0 Å². The average Bonchev–Trinajstić information content (AvgIpc) is 2.54. The van der Waals surface area contributed by atoms with Crippen LogP contribution >= 0.6 is 0 Å². The first kappa shape index (κ1) is 16.2. The zero-order chi connectivity index (χ0) is 15.9. The van der Waals surface area contributed by atoms with E-state index >= 15 is 0 Å². The van der Waals surface area contributed by atoms with Crippen LogP contribution < -0.4 is 0 Å². The fourth-order valence-electron chi connectivity index (χ4n) is 2.49. The lowest BCUT2D eigenvalue weighted by Gasteiger charge is -2.34. The molecule has 22 heavy (non-hydrogen) atoms. The first-order valence-electron chi connectivity index (χ1n) is 7.54. The molecule has 1 aliphatic rings. The summed E-state index contributed by atoms with van der Waals surface area (Å²) >= 11 is 0. The maximum absolute atomic E-state index is 12.1. The maximum Gasteiger partial charge on any atom is 0.269 e. The third-order valence-electron chi connectivity index (χ3n) is 3.75. The largest absolute Gasteiger partial charge is 0.337 e. The molecule has 1 fully saturated rings. The van der Waals surface area contributed by atoms with E-state index in [1.165, 1.54) is 18.2 Å². The second-order valence-corrected chi connectivity index (χ2v) is 5.35. The number of carbonyl (C=O) groups is 1. The Bertz CT molecular complexity index is 546. The van der Waals surface area contributed by atoms with Crippen LogP contribution in [-0.2, 0) is 4.79 Å². The second-order valence-electron chi connectivity index (χ2n) is 5.35. The summed E-state index contributed by atoms with van der Waals surface area (Å²) in [6.45, 7) is 6.59. The van der Waals surface area contributed by atoms with E-state index in [9.17, 15) is 14.9 Å². The minimum atomic E-state index is -0.436. The summed E-state index contributed by atoms with van der Waals surface area (Å²) in [5.74, 6) is -0.00509. The van der Waals surface area contributed by atoms with E-state index in [2.05, 4.69) is 11.8 Å². The van der Waals surface area contributed by atoms with Crippen molar-refractivity contribution in [2.75, 3.05) is 32.7 Å². The van der Waals surface area contributed by atoms with E-state index in [1.807, 2.05) is 4.90 Å². The molecule has 1 saturated heterocycles. The van der Waals surface area contributed by atoms with Gasteiger partial charge in [-0.25, -0.2) is 0 Å². The number of nitrogens with zero attached hydrogens (tertiary/aromatic N) is 3. The van der Waals surface area contributed by atoms with Gasteiger partial charge in [0.05, 0.1) is 4.92 Å². The van der Waals surface area contributed by atoms with Gasteiger partial charge in [0.25, 0.3) is 5.69 Å². The number of hydrogen-bond acceptors (Lipinski definition) is 4. The van der Waals surface area contributed by atoms with E-state index in [0.29, 0.717) is 0 Å². The van der Waals surface area contributed by atoms with Crippen molar-refractivity contribution in [2.45, 2.75) is 13.3 Å². The smallest absolute Gasteiger partial charge is 0.269 e. The first-order valence-corrected chi connectivity index (χ1v) is 7.54. The van der Waals surface area contributed by atoms with Crippen LogP contribution in [0.1, 0.15) is 18.9 Å². The van der Waals surface area contributed by atoms with Gasteiger partial charge in [0.2, 0.25) is 5.91 Å². The molecular formula is C16H21N3O3. The highest BCUT2D eigenvalue weighted by Gasteiger charge is 2.18. The zero-order valence-corrected chi connectivity index (χ0v) is 12.8. The van der Waals surface area contributed by atoms with Gasteiger partial charge in [-0.1, -0.05) is 6.92 Å². The second kappa shape index (κ2) is 7.70. The first-order chi connectivity index (χ1) is 10.6. The van der Waals surface area contributed by atoms with Gasteiger partial charge in [0.15, 0.2) is 0 Å². The molecule has 118 valence electrons. The van der Waals surface area contributed by atoms with Crippen molar-refractivity contribution in [1.82, 2.24) is 9.80 Å². The van der Waals surface area contributed by atoms with Crippen LogP contribution in [0.15, 0.2) is 30.3 Å². The molecule has 0 radical (unpaired) electrons. The number of benzene rings is 1. The Morgan fingerprint density at radius 2 is 1.86 bits per heavy atom. The lowest BCUT2D eigenvalue weighted by Crippen LogP contribution is -2.48. The van der Waals surface area contributed by atoms with Crippen LogP contribution in [0.3, 0.4) is 0 Å². The molecule has 1 aromatic carbocycles. The normalized spacial score (nSPS) is 16.1. The number of nitro groups is 1. The lowest BCUT2D eigenvalue weighted by molar-refractivity contribution is -0.384. The van der Waals surface area contributed by atoms with E-state index in [0.717, 1.165) is 44.7 Å².